The molecule has 8 rings (SSSR count). The van der Waals surface area contributed by atoms with E-state index in [1.807, 2.05) is 13.1 Å². The summed E-state index contributed by atoms with van der Waals surface area (Å²) >= 11 is 0. The molecule has 5 heterocycles. The summed E-state index contributed by atoms with van der Waals surface area (Å²) in [4.78, 5) is 11.0. The Kier molecular flexibility index (Phi) is 6.01. The molecule has 1 aliphatic carbocycles. The Morgan fingerprint density at radius 2 is 1.54 bits per heavy atom. The maximum atomic E-state index is 5.75. The fourth-order valence-corrected chi connectivity index (χ4v) is 7.44. The number of H-pyrrole nitrogens is 1. The maximum Gasteiger partial charge on any atom is 0.137 e. The van der Waals surface area contributed by atoms with Crippen LogP contribution in [0.5, 0.6) is 0 Å². The predicted octanol–water partition coefficient (Wildman–Crippen LogP) is 6.69. The van der Waals surface area contributed by atoms with Crippen LogP contribution in [0.3, 0.4) is 0 Å². The van der Waals surface area contributed by atoms with Crippen molar-refractivity contribution in [2.75, 3.05) is 13.2 Å². The van der Waals surface area contributed by atoms with Crippen LogP contribution in [-0.2, 0) is 17.6 Å². The highest BCUT2D eigenvalue weighted by molar-refractivity contribution is 5.96. The lowest BCUT2D eigenvalue weighted by molar-refractivity contribution is -0.148. The summed E-state index contributed by atoms with van der Waals surface area (Å²) in [6, 6.07) is 22.1. The molecule has 6 nitrogen and oxygen atoms in total. The van der Waals surface area contributed by atoms with Crippen LogP contribution in [0.2, 0.25) is 0 Å². The van der Waals surface area contributed by atoms with Crippen LogP contribution in [-0.4, -0.2) is 56.4 Å². The summed E-state index contributed by atoms with van der Waals surface area (Å²) in [5, 5.41) is 9.83. The molecule has 3 atom stereocenters. The van der Waals surface area contributed by atoms with E-state index in [2.05, 4.69) is 87.8 Å². The zero-order chi connectivity index (χ0) is 27.5. The number of ether oxygens (including phenoxy) is 1. The molecule has 2 aliphatic heterocycles. The third-order valence-electron chi connectivity index (χ3n) is 9.57. The molecule has 5 aromatic rings. The first-order chi connectivity index (χ1) is 20.1. The molecule has 2 aromatic carbocycles. The van der Waals surface area contributed by atoms with Crippen molar-refractivity contribution in [2.45, 2.75) is 64.1 Å². The quantitative estimate of drug-likeness (QED) is 0.257. The topological polar surface area (TPSA) is 66.9 Å². The second-order valence-electron chi connectivity index (χ2n) is 12.2. The van der Waals surface area contributed by atoms with Gasteiger partial charge in [-0.3, -0.25) is 4.90 Å². The Hall–Kier alpha value is -3.87. The predicted molar refractivity (Wildman–Crippen MR) is 163 cm³/mol. The molecule has 3 aliphatic rings. The lowest BCUT2D eigenvalue weighted by Crippen LogP contribution is -2.66. The molecule has 1 N–H and O–H groups in total. The number of morpholine rings is 1. The monoisotopic (exact) mass is 541 g/mol. The highest BCUT2D eigenvalue weighted by Crippen LogP contribution is 2.38. The molecule has 2 bridgehead atoms. The number of nitrogens with zero attached hydrogens (tertiary/aromatic N) is 4. The molecule has 206 valence electrons. The third-order valence-corrected chi connectivity index (χ3v) is 9.57. The van der Waals surface area contributed by atoms with E-state index in [9.17, 15) is 0 Å². The SMILES string of the molecule is Cc1cc(C)c(-c2ccc(-c3c[nH]c4ncc(-c5ccc6c(c5)CC[C@@H](N5C7COCC5C7)CC6)cc34)cc2)nn1. The minimum absolute atomic E-state index is 0.653. The van der Waals surface area contributed by atoms with Crippen molar-refractivity contribution in [3.05, 3.63) is 89.4 Å². The van der Waals surface area contributed by atoms with Gasteiger partial charge in [-0.1, -0.05) is 42.5 Å². The minimum atomic E-state index is 0.653. The van der Waals surface area contributed by atoms with E-state index in [0.717, 1.165) is 64.3 Å². The van der Waals surface area contributed by atoms with Crippen LogP contribution < -0.4 is 0 Å². The summed E-state index contributed by atoms with van der Waals surface area (Å²) in [6.07, 6.45) is 10.2. The van der Waals surface area contributed by atoms with Gasteiger partial charge >= 0.3 is 0 Å². The van der Waals surface area contributed by atoms with Crippen LogP contribution in [0.1, 0.15) is 41.6 Å². The summed E-state index contributed by atoms with van der Waals surface area (Å²) in [6.45, 7) is 5.91. The molecular weight excluding hydrogens is 506 g/mol. The van der Waals surface area contributed by atoms with E-state index in [-0.39, 0.29) is 0 Å². The van der Waals surface area contributed by atoms with E-state index in [4.69, 9.17) is 9.72 Å². The Morgan fingerprint density at radius 1 is 0.780 bits per heavy atom. The van der Waals surface area contributed by atoms with Gasteiger partial charge in [0.15, 0.2) is 0 Å². The summed E-state index contributed by atoms with van der Waals surface area (Å²) < 4.78 is 5.75. The lowest BCUT2D eigenvalue weighted by atomic mass is 9.87. The maximum absolute atomic E-state index is 5.75. The highest BCUT2D eigenvalue weighted by Gasteiger charge is 2.45. The zero-order valence-electron chi connectivity index (χ0n) is 23.7. The molecule has 2 saturated heterocycles. The van der Waals surface area contributed by atoms with E-state index in [0.29, 0.717) is 18.1 Å². The van der Waals surface area contributed by atoms with Crippen molar-refractivity contribution < 1.29 is 4.74 Å². The van der Waals surface area contributed by atoms with Gasteiger partial charge in [0, 0.05) is 52.6 Å². The van der Waals surface area contributed by atoms with Gasteiger partial charge in [-0.15, -0.1) is 5.10 Å². The van der Waals surface area contributed by atoms with Gasteiger partial charge in [0.25, 0.3) is 0 Å². The first-order valence-electron chi connectivity index (χ1n) is 15.0. The van der Waals surface area contributed by atoms with Gasteiger partial charge in [0.05, 0.1) is 24.6 Å². The number of aromatic nitrogens is 4. The van der Waals surface area contributed by atoms with Gasteiger partial charge in [-0.2, -0.15) is 5.10 Å². The van der Waals surface area contributed by atoms with Crippen LogP contribution in [0, 0.1) is 13.8 Å². The van der Waals surface area contributed by atoms with Gasteiger partial charge < -0.3 is 9.72 Å². The number of fused-ring (bicyclic) bond motifs is 4. The first kappa shape index (κ1) is 24.9. The lowest BCUT2D eigenvalue weighted by Gasteiger charge is -2.56. The summed E-state index contributed by atoms with van der Waals surface area (Å²) in [7, 11) is 0. The van der Waals surface area contributed by atoms with Gasteiger partial charge in [-0.25, -0.2) is 4.98 Å². The average molecular weight is 542 g/mol. The Balaban J connectivity index is 1.06. The average Bonchev–Trinajstić information content (AvgIpc) is 3.31. The number of hydrogen-bond donors (Lipinski definition) is 1. The number of hydrogen-bond acceptors (Lipinski definition) is 5. The number of benzene rings is 2. The highest BCUT2D eigenvalue weighted by atomic mass is 16.5. The third kappa shape index (κ3) is 4.37. The number of aryl methyl sites for hydroxylation is 4. The molecule has 0 spiro atoms. The number of rotatable bonds is 4. The normalized spacial score (nSPS) is 22.2. The molecule has 41 heavy (non-hydrogen) atoms. The van der Waals surface area contributed by atoms with Crippen LogP contribution in [0.15, 0.2) is 67.0 Å². The fraction of sp³-hybridized carbons (Fsp3) is 0.343. The Morgan fingerprint density at radius 3 is 2.32 bits per heavy atom. The number of aromatic amines is 1. The first-order valence-corrected chi connectivity index (χ1v) is 15.0. The molecule has 6 heteroatoms. The summed E-state index contributed by atoms with van der Waals surface area (Å²) in [5.74, 6) is 0. The molecule has 0 saturated carbocycles. The molecule has 2 unspecified atom stereocenters. The number of nitrogens with one attached hydrogen (secondary N) is 1. The Bertz CT molecular complexity index is 1740. The van der Waals surface area contributed by atoms with Gasteiger partial charge in [0.2, 0.25) is 0 Å². The van der Waals surface area contributed by atoms with E-state index in [1.165, 1.54) is 47.9 Å². The largest absolute Gasteiger partial charge is 0.378 e. The van der Waals surface area contributed by atoms with Crippen LogP contribution in [0.25, 0.3) is 44.5 Å². The molecule has 2 fully saturated rings. The van der Waals surface area contributed by atoms with Crippen molar-refractivity contribution in [1.29, 1.82) is 0 Å². The van der Waals surface area contributed by atoms with Crippen molar-refractivity contribution in [3.8, 4) is 33.5 Å². The fourth-order valence-electron chi connectivity index (χ4n) is 7.44. The smallest absolute Gasteiger partial charge is 0.137 e. The molecule has 3 aromatic heterocycles. The summed E-state index contributed by atoms with van der Waals surface area (Å²) in [5.41, 5.74) is 12.8. The van der Waals surface area contributed by atoms with Crippen molar-refractivity contribution in [3.63, 3.8) is 0 Å². The van der Waals surface area contributed by atoms with E-state index < -0.39 is 0 Å². The molecular formula is C35H35N5O. The van der Waals surface area contributed by atoms with Gasteiger partial charge in [-0.05, 0) is 85.9 Å². The second kappa shape index (κ2) is 9.89. The van der Waals surface area contributed by atoms with E-state index in [1.54, 1.807) is 0 Å². The number of pyridine rings is 1. The van der Waals surface area contributed by atoms with Gasteiger partial charge in [0.1, 0.15) is 5.65 Å². The zero-order valence-corrected chi connectivity index (χ0v) is 23.7. The van der Waals surface area contributed by atoms with Crippen LogP contribution in [0.4, 0.5) is 0 Å². The molecule has 0 amide bonds. The standard InChI is InChI=1S/C35H35N5O/c1-21-13-22(2)38-39-34(21)25-6-4-24(5-7-25)33-18-37-35-32(33)15-28(17-36-35)27-8-3-23-9-11-29(12-10-26(23)14-27)40-30-16-31(40)20-41-19-30/h3-8,13-15,17-18,29-31H,9-12,16,19-20H2,1-2H3,(H,36,37)/t29-,30?,31?/m0/s1. The van der Waals surface area contributed by atoms with Crippen molar-refractivity contribution in [1.82, 2.24) is 25.1 Å². The Labute approximate surface area is 240 Å². The van der Waals surface area contributed by atoms with Crippen molar-refractivity contribution >= 4 is 11.0 Å². The van der Waals surface area contributed by atoms with Crippen molar-refractivity contribution in [2.24, 2.45) is 0 Å². The second-order valence-corrected chi connectivity index (χ2v) is 12.2. The van der Waals surface area contributed by atoms with Crippen LogP contribution >= 0.6 is 0 Å². The molecule has 0 radical (unpaired) electrons. The minimum Gasteiger partial charge on any atom is -0.378 e. The van der Waals surface area contributed by atoms with E-state index >= 15 is 0 Å².